The van der Waals surface area contributed by atoms with E-state index in [1.165, 1.54) is 0 Å². The molecule has 116 heavy (non-hydrogen) atoms. The molecule has 6 saturated heterocycles. The predicted octanol–water partition coefficient (Wildman–Crippen LogP) is 20.4. The minimum absolute atomic E-state index is 0.0175. The Morgan fingerprint density at radius 2 is 0.276 bits per heavy atom. The molecule has 660 valence electrons. The first-order valence-corrected chi connectivity index (χ1v) is 80.7. The van der Waals surface area contributed by atoms with Gasteiger partial charge in [-0.3, -0.25) is 0 Å². The Bertz CT molecular complexity index is 3000. The zero-order chi connectivity index (χ0) is 79.8. The fourth-order valence-electron chi connectivity index (χ4n) is 26.3. The van der Waals surface area contributed by atoms with Gasteiger partial charge in [0.15, 0.2) is 16.6 Å². The van der Waals surface area contributed by atoms with Crippen LogP contribution in [0.2, 0.25) is 117 Å². The molecule has 0 aromatic heterocycles. The van der Waals surface area contributed by atoms with Crippen molar-refractivity contribution < 1.29 is 101 Å². The van der Waals surface area contributed by atoms with Crippen LogP contribution in [0, 0.1) is 0 Å². The molecule has 6 heterocycles. The van der Waals surface area contributed by atoms with Crippen molar-refractivity contribution in [3.63, 3.8) is 0 Å². The van der Waals surface area contributed by atoms with Crippen LogP contribution in [-0.4, -0.2) is 159 Å². The van der Waals surface area contributed by atoms with Crippen LogP contribution in [0.15, 0.2) is 0 Å². The van der Waals surface area contributed by atoms with Gasteiger partial charge in [-0.25, -0.2) is 0 Å². The number of hydrogen-bond acceptors (Lipinski definition) is 24. The minimum Gasteiger partial charge on any atom is -0.417 e. The summed E-state index contributed by atoms with van der Waals surface area (Å²) in [5.41, 5.74) is -1.13. The largest absolute Gasteiger partial charge is 0.486 e. The van der Waals surface area contributed by atoms with Gasteiger partial charge in [0.05, 0.1) is 0 Å². The van der Waals surface area contributed by atoms with Gasteiger partial charge in [0.2, 0.25) is 0 Å². The highest BCUT2D eigenvalue weighted by Crippen LogP contribution is 2.67. The van der Waals surface area contributed by atoms with Crippen molar-refractivity contribution in [2.24, 2.45) is 0 Å². The monoisotopic (exact) mass is 1890 g/mol. The third kappa shape index (κ3) is 16.8. The molecule has 0 radical (unpaired) electrons. The lowest BCUT2D eigenvalue weighted by molar-refractivity contribution is -0.0133. The maximum Gasteiger partial charge on any atom is 0.486 e. The molecule has 8 bridgehead atoms. The average Bonchev–Trinajstić information content (AvgIpc) is 1.13. The lowest BCUT2D eigenvalue weighted by Crippen LogP contribution is -2.85. The van der Waals surface area contributed by atoms with Crippen molar-refractivity contribution in [1.29, 1.82) is 0 Å². The molecule has 0 aromatic carbocycles. The molecule has 20 aliphatic rings. The van der Waals surface area contributed by atoms with Crippen LogP contribution in [-0.2, 0) is 82.3 Å². The summed E-state index contributed by atoms with van der Waals surface area (Å²) in [5, 5.41) is 0. The van der Waals surface area contributed by atoms with E-state index in [9.17, 15) is 19.2 Å². The van der Waals surface area contributed by atoms with E-state index in [0.29, 0.717) is 0 Å². The summed E-state index contributed by atoms with van der Waals surface area (Å²) in [4.78, 5) is 55.4. The summed E-state index contributed by atoms with van der Waals surface area (Å²) in [6, 6.07) is 0. The zero-order valence-electron chi connectivity index (χ0n) is 71.6. The minimum atomic E-state index is -4.27. The molecule has 0 amide bonds. The van der Waals surface area contributed by atoms with Crippen LogP contribution in [0.3, 0.4) is 0 Å². The third-order valence-electron chi connectivity index (χ3n) is 32.1. The van der Waals surface area contributed by atoms with E-state index in [1.807, 2.05) is 0 Å². The van der Waals surface area contributed by atoms with Gasteiger partial charge in [0, 0.05) is 77.6 Å². The van der Waals surface area contributed by atoms with Crippen LogP contribution in [0.5, 0.6) is 0 Å². The van der Waals surface area contributed by atoms with Crippen molar-refractivity contribution in [3.05, 3.63) is 0 Å². The molecule has 6 aliphatic heterocycles. The fourth-order valence-corrected chi connectivity index (χ4v) is 121. The second-order valence-corrected chi connectivity index (χ2v) is 95.9. The Labute approximate surface area is 712 Å². The number of fused-ring (bicyclic) bond motifs is 6. The summed E-state index contributed by atoms with van der Waals surface area (Å²) in [6.45, 7) is 13.5. The van der Waals surface area contributed by atoms with Gasteiger partial charge in [-0.1, -0.05) is 180 Å². The summed E-state index contributed by atoms with van der Waals surface area (Å²) in [7, 11) is -62.1. The van der Waals surface area contributed by atoms with Crippen molar-refractivity contribution in [2.75, 3.05) is 0 Å². The summed E-state index contributed by atoms with van der Waals surface area (Å²) < 4.78 is 160. The molecule has 14 atom stereocenters. The molecular weight excluding hydrogens is 1750 g/mol. The highest BCUT2D eigenvalue weighted by Gasteiger charge is 2.87. The van der Waals surface area contributed by atoms with Gasteiger partial charge >= 0.3 is 123 Å². The second kappa shape index (κ2) is 34.0. The van der Waals surface area contributed by atoms with Gasteiger partial charge in [-0.15, -0.1) is 0 Å². The van der Waals surface area contributed by atoms with Crippen molar-refractivity contribution in [3.8, 4) is 0 Å². The lowest BCUT2D eigenvalue weighted by Gasteiger charge is -2.62. The molecule has 14 saturated carbocycles. The highest BCUT2D eigenvalue weighted by molar-refractivity contribution is 7.03. The smallest absolute Gasteiger partial charge is 0.417 e. The van der Waals surface area contributed by atoms with Crippen LogP contribution in [0.4, 0.5) is 0 Å². The molecule has 0 aromatic rings. The molecule has 6 unspecified atom stereocenters. The predicted molar refractivity (Wildman–Crippen MR) is 469 cm³/mol. The molecule has 20 rings (SSSR count). The Hall–Kier alpha value is 2.51. The Morgan fingerprint density at radius 3 is 0.414 bits per heavy atom. The van der Waals surface area contributed by atoms with Crippen molar-refractivity contribution in [2.45, 2.75) is 476 Å². The van der Waals surface area contributed by atoms with Crippen LogP contribution >= 0.6 is 0 Å². The normalized spacial score (nSPS) is 46.3. The van der Waals surface area contributed by atoms with Crippen LogP contribution in [0.25, 0.3) is 0 Å². The molecule has 24 nitrogen and oxygen atoms in total. The van der Waals surface area contributed by atoms with E-state index >= 15 is 0 Å². The van der Waals surface area contributed by atoms with Gasteiger partial charge in [0.25, 0.3) is 0 Å². The first-order valence-electron chi connectivity index (χ1n) is 48.5. The maximum absolute atomic E-state index is 13.8. The Balaban J connectivity index is 0.000000155. The molecule has 0 spiro atoms. The molecule has 20 fully saturated rings. The highest BCUT2D eigenvalue weighted by atomic mass is 28.6. The standard InChI is InChI=1S/2C38H74O12Si8/c2*1-51(2,3)41-54(34-22-8-9-23-34)46-56(36-26-12-13-27-36)44-52(39,32-18-4-5-19-32)42-55(35-24-10-11-25-35)43-53(40,33-20-6-7-21-33)45-57(47-54,37-28-14-15-29-37)50-58(48-55,49-56)38-30-16-17-31-38/h2*32-40H,4-31H2,1-3H3/t2*52-,53+,54?,55?,56+,57-,58?. The Morgan fingerprint density at radius 1 is 0.164 bits per heavy atom. The third-order valence-corrected chi connectivity index (χ3v) is 103. The summed E-state index contributed by atoms with van der Waals surface area (Å²) >= 11 is 0. The van der Waals surface area contributed by atoms with Gasteiger partial charge < -0.3 is 101 Å². The average molecular weight is 1900 g/mol. The maximum atomic E-state index is 13.8. The van der Waals surface area contributed by atoms with Crippen molar-refractivity contribution in [1.82, 2.24) is 0 Å². The van der Waals surface area contributed by atoms with Crippen LogP contribution < -0.4 is 0 Å². The molecule has 14 aliphatic carbocycles. The van der Waals surface area contributed by atoms with Gasteiger partial charge in [-0.2, -0.15) is 0 Å². The number of hydrogen-bond donors (Lipinski definition) is 4. The van der Waals surface area contributed by atoms with E-state index in [2.05, 4.69) is 39.3 Å². The zero-order valence-corrected chi connectivity index (χ0v) is 87.6. The SMILES string of the molecule is C[Si](C)(C)O[Si]1(C2CCCC2)O[Si@@]2(C3CCCC3)O[Si]3(C4CCCC4)O[Si](C4CCCC4)(O[Si@](O)(C4CCCC4)O2)O[Si@@](O)(C2CCCC2)O[Si@](C2CCCC2)(O1)O3.C[Si](C)(C)O[Si]1(C2CCCC2)O[Si@@]2(C3CCCC3)O[Si]3(C4CCCC4)O[Si](C4CCCC4)(O[Si@](O)(C4CCCC4)O2)O[Si@@](O)(C2CCCC2)O[Si@](C2CCCC2)(O1)O3. The quantitative estimate of drug-likeness (QED) is 0.0929. The van der Waals surface area contributed by atoms with E-state index in [-0.39, 0.29) is 77.6 Å². The summed E-state index contributed by atoms with van der Waals surface area (Å²) in [5.74, 6) is 0. The van der Waals surface area contributed by atoms with E-state index in [1.54, 1.807) is 0 Å². The first kappa shape index (κ1) is 87.8. The van der Waals surface area contributed by atoms with Gasteiger partial charge in [-0.05, 0) is 219 Å². The van der Waals surface area contributed by atoms with E-state index in [0.717, 1.165) is 360 Å². The summed E-state index contributed by atoms with van der Waals surface area (Å²) in [6.07, 6.45) is 53.8. The lowest BCUT2D eigenvalue weighted by atomic mass is 10.4. The van der Waals surface area contributed by atoms with E-state index < -0.39 is 140 Å². The van der Waals surface area contributed by atoms with E-state index in [4.69, 9.17) is 82.3 Å². The molecule has 4 N–H and O–H groups in total. The Kier molecular flexibility index (Phi) is 25.8. The van der Waals surface area contributed by atoms with Crippen LogP contribution in [0.1, 0.15) is 360 Å². The molecular formula is C76H148O24Si16. The number of rotatable bonds is 18. The van der Waals surface area contributed by atoms with Gasteiger partial charge in [0.1, 0.15) is 0 Å². The first-order chi connectivity index (χ1) is 55.6. The van der Waals surface area contributed by atoms with Crippen molar-refractivity contribution >= 4 is 140 Å². The molecule has 40 heteroatoms. The second-order valence-electron chi connectivity index (χ2n) is 42.6. The topological polar surface area (TPSA) is 266 Å². The fraction of sp³-hybridized carbons (Fsp3) is 1.00.